The summed E-state index contributed by atoms with van der Waals surface area (Å²) in [5.74, 6) is 1.31. The number of aromatic amines is 1. The second-order valence-corrected chi connectivity index (χ2v) is 10.4. The van der Waals surface area contributed by atoms with Gasteiger partial charge in [-0.05, 0) is 83.2 Å². The van der Waals surface area contributed by atoms with Crippen LogP contribution in [0.4, 0.5) is 10.7 Å². The Morgan fingerprint density at radius 1 is 1.24 bits per heavy atom. The zero-order chi connectivity index (χ0) is 24.6. The number of ether oxygens (including phenoxy) is 1. The Labute approximate surface area is 195 Å². The Hall–Kier alpha value is -3.29. The van der Waals surface area contributed by atoms with E-state index < -0.39 is 17.2 Å². The van der Waals surface area contributed by atoms with Crippen LogP contribution < -0.4 is 10.5 Å². The number of pyridine rings is 1. The molecule has 1 aromatic carbocycles. The minimum absolute atomic E-state index is 0.163. The molecule has 4 N–H and O–H groups in total. The molecular formula is C25H35N5O3. The Bertz CT molecular complexity index is 1150. The van der Waals surface area contributed by atoms with Crippen LogP contribution in [0.15, 0.2) is 30.5 Å². The minimum Gasteiger partial charge on any atom is -0.493 e. The lowest BCUT2D eigenvalue weighted by Gasteiger charge is -2.46. The van der Waals surface area contributed by atoms with Gasteiger partial charge in [0, 0.05) is 22.8 Å². The molecule has 0 spiro atoms. The van der Waals surface area contributed by atoms with E-state index in [9.17, 15) is 9.90 Å². The van der Waals surface area contributed by atoms with Gasteiger partial charge in [0.25, 0.3) is 0 Å². The van der Waals surface area contributed by atoms with Crippen LogP contribution >= 0.6 is 0 Å². The second-order valence-electron chi connectivity index (χ2n) is 10.4. The van der Waals surface area contributed by atoms with Crippen molar-refractivity contribution in [3.8, 4) is 16.9 Å². The molecule has 0 saturated heterocycles. The number of nitrogens with one attached hydrogen (secondary N) is 1. The number of carbonyl (C=O) groups is 1. The van der Waals surface area contributed by atoms with Gasteiger partial charge in [0.05, 0.1) is 12.1 Å². The Morgan fingerprint density at radius 3 is 2.55 bits per heavy atom. The second kappa shape index (κ2) is 8.92. The molecule has 0 aliphatic carbocycles. The molecule has 0 saturated carbocycles. The number of carboxylic acid groups (broad SMARTS) is 1. The van der Waals surface area contributed by atoms with Crippen LogP contribution in [-0.4, -0.2) is 48.7 Å². The molecular weight excluding hydrogens is 418 g/mol. The maximum Gasteiger partial charge on any atom is 0.408 e. The number of hydrogen-bond donors (Lipinski definition) is 3. The quantitative estimate of drug-likeness (QED) is 0.436. The SMILES string of the molecule is Cc1cc(-c2ccnc3nc(N)[nH]c23)ccc1OC[C@@H](C)CC(C)(C)N(C(=O)O)C(C)(C)C. The molecule has 0 bridgehead atoms. The number of fused-ring (bicyclic) bond motifs is 1. The van der Waals surface area contributed by atoms with Crippen molar-refractivity contribution >= 4 is 23.2 Å². The van der Waals surface area contributed by atoms with Gasteiger partial charge in [-0.25, -0.2) is 9.78 Å². The van der Waals surface area contributed by atoms with Gasteiger partial charge in [-0.3, -0.25) is 4.90 Å². The number of imidazole rings is 1. The van der Waals surface area contributed by atoms with E-state index >= 15 is 0 Å². The number of rotatable bonds is 7. The average molecular weight is 454 g/mol. The van der Waals surface area contributed by atoms with Gasteiger partial charge >= 0.3 is 6.09 Å². The molecule has 0 fully saturated rings. The molecule has 3 rings (SSSR count). The summed E-state index contributed by atoms with van der Waals surface area (Å²) in [7, 11) is 0. The first-order valence-corrected chi connectivity index (χ1v) is 11.2. The molecule has 0 unspecified atom stereocenters. The van der Waals surface area contributed by atoms with Crippen molar-refractivity contribution in [1.29, 1.82) is 0 Å². The van der Waals surface area contributed by atoms with Crippen molar-refractivity contribution in [2.24, 2.45) is 5.92 Å². The molecule has 33 heavy (non-hydrogen) atoms. The molecule has 0 aliphatic rings. The highest BCUT2D eigenvalue weighted by Crippen LogP contribution is 2.33. The van der Waals surface area contributed by atoms with Crippen LogP contribution in [-0.2, 0) is 0 Å². The summed E-state index contributed by atoms with van der Waals surface area (Å²) in [4.78, 5) is 25.0. The molecule has 8 heteroatoms. The molecule has 0 radical (unpaired) electrons. The highest BCUT2D eigenvalue weighted by molar-refractivity contribution is 5.90. The van der Waals surface area contributed by atoms with Gasteiger partial charge in [0.15, 0.2) is 11.6 Å². The smallest absolute Gasteiger partial charge is 0.408 e. The summed E-state index contributed by atoms with van der Waals surface area (Å²) < 4.78 is 6.13. The lowest BCUT2D eigenvalue weighted by Crippen LogP contribution is -2.57. The lowest BCUT2D eigenvalue weighted by atomic mass is 9.87. The fourth-order valence-corrected chi connectivity index (χ4v) is 4.84. The number of H-pyrrole nitrogens is 1. The van der Waals surface area contributed by atoms with Gasteiger partial charge in [-0.2, -0.15) is 4.98 Å². The predicted octanol–water partition coefficient (Wildman–Crippen LogP) is 5.48. The van der Waals surface area contributed by atoms with Crippen molar-refractivity contribution in [2.75, 3.05) is 12.3 Å². The van der Waals surface area contributed by atoms with Crippen LogP contribution in [0.25, 0.3) is 22.3 Å². The number of aryl methyl sites for hydroxylation is 1. The minimum atomic E-state index is -0.906. The van der Waals surface area contributed by atoms with Gasteiger partial charge in [0.1, 0.15) is 5.75 Å². The van der Waals surface area contributed by atoms with Crippen LogP contribution in [0.3, 0.4) is 0 Å². The third-order valence-corrected chi connectivity index (χ3v) is 5.74. The van der Waals surface area contributed by atoms with Gasteiger partial charge < -0.3 is 20.6 Å². The summed E-state index contributed by atoms with van der Waals surface area (Å²) in [5, 5.41) is 9.77. The molecule has 2 heterocycles. The third-order valence-electron chi connectivity index (χ3n) is 5.74. The van der Waals surface area contributed by atoms with Gasteiger partial charge in [0.2, 0.25) is 0 Å². The van der Waals surface area contributed by atoms with Crippen LogP contribution in [0.2, 0.25) is 0 Å². The summed E-state index contributed by atoms with van der Waals surface area (Å²) in [5.41, 5.74) is 9.19. The lowest BCUT2D eigenvalue weighted by molar-refractivity contribution is 0.0187. The Morgan fingerprint density at radius 2 is 1.94 bits per heavy atom. The van der Waals surface area contributed by atoms with Crippen molar-refractivity contribution < 1.29 is 14.6 Å². The number of anilines is 1. The van der Waals surface area contributed by atoms with Crippen LogP contribution in [0.5, 0.6) is 5.75 Å². The van der Waals surface area contributed by atoms with Gasteiger partial charge in [-0.15, -0.1) is 0 Å². The molecule has 0 aliphatic heterocycles. The van der Waals surface area contributed by atoms with E-state index in [4.69, 9.17) is 10.5 Å². The maximum atomic E-state index is 11.9. The molecule has 3 aromatic rings. The van der Waals surface area contributed by atoms with E-state index in [1.54, 1.807) is 6.20 Å². The molecule has 2 aromatic heterocycles. The number of aromatic nitrogens is 3. The Balaban J connectivity index is 1.71. The Kier molecular flexibility index (Phi) is 6.58. The zero-order valence-corrected chi connectivity index (χ0v) is 20.6. The topological polar surface area (TPSA) is 117 Å². The van der Waals surface area contributed by atoms with E-state index in [1.807, 2.05) is 59.7 Å². The van der Waals surface area contributed by atoms with Crippen LogP contribution in [0, 0.1) is 12.8 Å². The van der Waals surface area contributed by atoms with Crippen LogP contribution in [0.1, 0.15) is 53.5 Å². The average Bonchev–Trinajstić information content (AvgIpc) is 3.04. The first-order chi connectivity index (χ1) is 15.3. The molecule has 178 valence electrons. The van der Waals surface area contributed by atoms with Crippen molar-refractivity contribution in [1.82, 2.24) is 19.9 Å². The van der Waals surface area contributed by atoms with Gasteiger partial charge in [-0.1, -0.05) is 13.0 Å². The highest BCUT2D eigenvalue weighted by Gasteiger charge is 2.39. The van der Waals surface area contributed by atoms with Crippen molar-refractivity contribution in [3.63, 3.8) is 0 Å². The number of hydrogen-bond acceptors (Lipinski definition) is 5. The predicted molar refractivity (Wildman–Crippen MR) is 131 cm³/mol. The monoisotopic (exact) mass is 453 g/mol. The summed E-state index contributed by atoms with van der Waals surface area (Å²) in [6, 6.07) is 7.98. The number of benzene rings is 1. The van der Waals surface area contributed by atoms with E-state index in [-0.39, 0.29) is 5.92 Å². The molecule has 1 amide bonds. The summed E-state index contributed by atoms with van der Waals surface area (Å²) in [6.07, 6.45) is 1.50. The highest BCUT2D eigenvalue weighted by atomic mass is 16.5. The van der Waals surface area contributed by atoms with E-state index in [0.717, 1.165) is 28.0 Å². The fraction of sp³-hybridized carbons (Fsp3) is 0.480. The zero-order valence-electron chi connectivity index (χ0n) is 20.6. The first kappa shape index (κ1) is 24.4. The van der Waals surface area contributed by atoms with E-state index in [0.29, 0.717) is 24.6 Å². The molecule has 8 nitrogen and oxygen atoms in total. The fourth-order valence-electron chi connectivity index (χ4n) is 4.84. The third kappa shape index (κ3) is 5.38. The van der Waals surface area contributed by atoms with E-state index in [2.05, 4.69) is 27.9 Å². The van der Waals surface area contributed by atoms with Crippen molar-refractivity contribution in [2.45, 2.75) is 66.0 Å². The maximum absolute atomic E-state index is 11.9. The normalized spacial score (nSPS) is 13.2. The number of nitrogens with two attached hydrogens (primary N) is 1. The van der Waals surface area contributed by atoms with Crippen molar-refractivity contribution in [3.05, 3.63) is 36.0 Å². The summed E-state index contributed by atoms with van der Waals surface area (Å²) in [6.45, 7) is 14.3. The van der Waals surface area contributed by atoms with E-state index in [1.165, 1.54) is 4.90 Å². The molecule has 1 atom stereocenters. The standard InChI is InChI=1S/C25H35N5O3/c1-15(13-25(6,7)30(23(31)32)24(3,4)5)14-33-19-9-8-17(12-16(19)2)18-10-11-27-21-20(18)28-22(26)29-21/h8-12,15H,13-14H2,1-7H3,(H,31,32)(H3,26,27,28,29)/t15-/m0/s1. The largest absolute Gasteiger partial charge is 0.493 e. The first-order valence-electron chi connectivity index (χ1n) is 11.2. The number of nitrogens with zero attached hydrogens (tertiary/aromatic N) is 3. The number of amides is 1. The number of nitrogen functional groups attached to an aromatic ring is 1. The summed E-state index contributed by atoms with van der Waals surface area (Å²) >= 11 is 0.